The Morgan fingerprint density at radius 2 is 2.14 bits per heavy atom. The molecule has 3 aliphatic rings. The summed E-state index contributed by atoms with van der Waals surface area (Å²) in [5.41, 5.74) is 0.541. The van der Waals surface area contributed by atoms with Crippen LogP contribution in [0, 0.1) is 5.92 Å². The first kappa shape index (κ1) is 13.7. The second-order valence-electron chi connectivity index (χ2n) is 5.90. The van der Waals surface area contributed by atoms with Crippen LogP contribution in [0.5, 0.6) is 0 Å². The van der Waals surface area contributed by atoms with E-state index >= 15 is 0 Å². The van der Waals surface area contributed by atoms with Crippen LogP contribution in [0.1, 0.15) is 36.2 Å². The zero-order valence-electron chi connectivity index (χ0n) is 11.4. The molecule has 5 rings (SSSR count). The lowest BCUT2D eigenvalue weighted by molar-refractivity contribution is 0.0800. The van der Waals surface area contributed by atoms with E-state index in [-0.39, 0.29) is 12.1 Å². The molecule has 1 aliphatic carbocycles. The van der Waals surface area contributed by atoms with Crippen molar-refractivity contribution in [1.29, 1.82) is 0 Å². The average Bonchev–Trinajstić information content (AvgIpc) is 2.91. The van der Waals surface area contributed by atoms with E-state index in [1.165, 1.54) is 37.2 Å². The third-order valence-corrected chi connectivity index (χ3v) is 5.91. The second-order valence-corrected chi connectivity index (χ2v) is 7.62. The molecule has 110 valence electrons. The number of rotatable bonds is 2. The summed E-state index contributed by atoms with van der Waals surface area (Å²) in [6.45, 7) is 0. The highest BCUT2D eigenvalue weighted by Crippen LogP contribution is 2.32. The van der Waals surface area contributed by atoms with Gasteiger partial charge in [0.05, 0.1) is 10.9 Å². The lowest BCUT2D eigenvalue weighted by Crippen LogP contribution is -2.60. The van der Waals surface area contributed by atoms with E-state index in [1.54, 1.807) is 0 Å². The van der Waals surface area contributed by atoms with Crippen LogP contribution in [-0.2, 0) is 0 Å². The van der Waals surface area contributed by atoms with Crippen LogP contribution >= 0.6 is 27.5 Å². The van der Waals surface area contributed by atoms with Crippen molar-refractivity contribution in [2.45, 2.75) is 37.9 Å². The number of carbonyl (C=O) groups excluding carboxylic acids is 1. The first-order valence-electron chi connectivity index (χ1n) is 7.32. The molecule has 0 spiro atoms. The van der Waals surface area contributed by atoms with Gasteiger partial charge >= 0.3 is 0 Å². The minimum absolute atomic E-state index is 0.0654. The molecular weight excluding hydrogens is 350 g/mol. The third kappa shape index (κ3) is 2.49. The van der Waals surface area contributed by atoms with Gasteiger partial charge in [0.15, 0.2) is 0 Å². The highest BCUT2D eigenvalue weighted by molar-refractivity contribution is 9.10. The summed E-state index contributed by atoms with van der Waals surface area (Å²) < 4.78 is 6.36. The van der Waals surface area contributed by atoms with Gasteiger partial charge in [-0.1, -0.05) is 15.9 Å². The lowest BCUT2D eigenvalue weighted by Gasteiger charge is -2.43. The molecule has 1 amide bonds. The van der Waals surface area contributed by atoms with Crippen LogP contribution in [0.4, 0.5) is 0 Å². The summed E-state index contributed by atoms with van der Waals surface area (Å²) in [6, 6.07) is 6.51. The molecule has 2 aliphatic heterocycles. The van der Waals surface area contributed by atoms with Crippen molar-refractivity contribution in [3.63, 3.8) is 0 Å². The summed E-state index contributed by atoms with van der Waals surface area (Å²) in [5, 5.41) is 7.61. The molecule has 0 unspecified atom stereocenters. The minimum atomic E-state index is -0.0654. The predicted octanol–water partition coefficient (Wildman–Crippen LogP) is 3.28. The predicted molar refractivity (Wildman–Crippen MR) is 87.5 cm³/mol. The molecule has 2 saturated heterocycles. The van der Waals surface area contributed by atoms with Crippen molar-refractivity contribution >= 4 is 43.5 Å². The standard InChI is InChI=1S/C15H16BrN3OS/c16-9-3-6-12-11(7-9)13(19-21-12)15(20)18-14-8-1-4-10(17-14)5-2-8/h3,6-8,10,14,17H,1-2,4-5H2,(H,18,20)/t8?,10?,14-/m0/s1. The number of nitrogens with zero attached hydrogens (tertiary/aromatic N) is 1. The molecule has 4 nitrogen and oxygen atoms in total. The molecule has 21 heavy (non-hydrogen) atoms. The van der Waals surface area contributed by atoms with Gasteiger partial charge in [-0.05, 0) is 61.3 Å². The number of amides is 1. The number of aromatic nitrogens is 1. The molecule has 1 atom stereocenters. The largest absolute Gasteiger partial charge is 0.335 e. The number of hydrogen-bond donors (Lipinski definition) is 2. The van der Waals surface area contributed by atoms with Crippen LogP contribution in [-0.4, -0.2) is 22.5 Å². The first-order chi connectivity index (χ1) is 10.2. The van der Waals surface area contributed by atoms with Crippen molar-refractivity contribution in [3.8, 4) is 0 Å². The molecule has 1 aromatic carbocycles. The molecule has 3 heterocycles. The summed E-state index contributed by atoms with van der Waals surface area (Å²) in [4.78, 5) is 12.6. The molecule has 2 N–H and O–H groups in total. The Balaban J connectivity index is 1.57. The lowest BCUT2D eigenvalue weighted by atomic mass is 9.79. The Bertz CT molecular complexity index is 693. The highest BCUT2D eigenvalue weighted by atomic mass is 79.9. The van der Waals surface area contributed by atoms with Crippen LogP contribution in [0.3, 0.4) is 0 Å². The fraction of sp³-hybridized carbons (Fsp3) is 0.467. The fourth-order valence-electron chi connectivity index (χ4n) is 3.45. The number of fused-ring (bicyclic) bond motifs is 4. The summed E-state index contributed by atoms with van der Waals surface area (Å²) in [5.74, 6) is 0.500. The first-order valence-corrected chi connectivity index (χ1v) is 8.89. The van der Waals surface area contributed by atoms with E-state index in [2.05, 4.69) is 30.9 Å². The Morgan fingerprint density at radius 1 is 1.33 bits per heavy atom. The van der Waals surface area contributed by atoms with Gasteiger partial charge in [0, 0.05) is 15.9 Å². The van der Waals surface area contributed by atoms with E-state index in [1.807, 2.05) is 18.2 Å². The molecule has 2 bridgehead atoms. The van der Waals surface area contributed by atoms with Crippen molar-refractivity contribution in [1.82, 2.24) is 15.0 Å². The van der Waals surface area contributed by atoms with Gasteiger partial charge in [-0.15, -0.1) is 0 Å². The van der Waals surface area contributed by atoms with Gasteiger partial charge in [-0.25, -0.2) is 0 Å². The van der Waals surface area contributed by atoms with Gasteiger partial charge in [0.1, 0.15) is 5.69 Å². The van der Waals surface area contributed by atoms with Crippen LogP contribution in [0.15, 0.2) is 22.7 Å². The van der Waals surface area contributed by atoms with Gasteiger partial charge in [0.2, 0.25) is 0 Å². The monoisotopic (exact) mass is 365 g/mol. The quantitative estimate of drug-likeness (QED) is 0.858. The van der Waals surface area contributed by atoms with Crippen molar-refractivity contribution in [2.24, 2.45) is 5.92 Å². The average molecular weight is 366 g/mol. The maximum absolute atomic E-state index is 12.6. The molecule has 1 saturated carbocycles. The van der Waals surface area contributed by atoms with Gasteiger partial charge in [-0.3, -0.25) is 10.1 Å². The van der Waals surface area contributed by atoms with Crippen LogP contribution in [0.25, 0.3) is 10.1 Å². The Morgan fingerprint density at radius 3 is 2.86 bits per heavy atom. The molecule has 1 aromatic heterocycles. The molecule has 6 heteroatoms. The van der Waals surface area contributed by atoms with E-state index in [0.29, 0.717) is 17.7 Å². The molecule has 2 aromatic rings. The number of halogens is 1. The van der Waals surface area contributed by atoms with Crippen molar-refractivity contribution < 1.29 is 4.79 Å². The van der Waals surface area contributed by atoms with Crippen LogP contribution < -0.4 is 10.6 Å². The molecular formula is C15H16BrN3OS. The maximum atomic E-state index is 12.6. The number of hydrogen-bond acceptors (Lipinski definition) is 4. The maximum Gasteiger partial charge on any atom is 0.272 e. The second kappa shape index (κ2) is 5.34. The minimum Gasteiger partial charge on any atom is -0.335 e. The third-order valence-electron chi connectivity index (χ3n) is 4.59. The highest BCUT2D eigenvalue weighted by Gasteiger charge is 2.36. The fourth-order valence-corrected chi connectivity index (χ4v) is 4.57. The SMILES string of the molecule is O=C(N[C@@H]1NC2CCC1CC2)c1nsc2ccc(Br)cc12. The van der Waals surface area contributed by atoms with E-state index in [9.17, 15) is 4.79 Å². The Hall–Kier alpha value is -0.980. The molecule has 3 fully saturated rings. The smallest absolute Gasteiger partial charge is 0.272 e. The van der Waals surface area contributed by atoms with E-state index < -0.39 is 0 Å². The number of nitrogens with one attached hydrogen (secondary N) is 2. The van der Waals surface area contributed by atoms with E-state index in [4.69, 9.17) is 0 Å². The Labute approximate surface area is 135 Å². The van der Waals surface area contributed by atoms with E-state index in [0.717, 1.165) is 14.6 Å². The number of piperidine rings is 2. The summed E-state index contributed by atoms with van der Waals surface area (Å²) >= 11 is 4.83. The summed E-state index contributed by atoms with van der Waals surface area (Å²) in [6.07, 6.45) is 5.01. The van der Waals surface area contributed by atoms with Gasteiger partial charge in [0.25, 0.3) is 5.91 Å². The van der Waals surface area contributed by atoms with Crippen LogP contribution in [0.2, 0.25) is 0 Å². The van der Waals surface area contributed by atoms with Crippen molar-refractivity contribution in [2.75, 3.05) is 0 Å². The number of carbonyl (C=O) groups is 1. The van der Waals surface area contributed by atoms with Gasteiger partial charge in [-0.2, -0.15) is 4.37 Å². The zero-order valence-corrected chi connectivity index (χ0v) is 13.8. The number of benzene rings is 1. The summed E-state index contributed by atoms with van der Waals surface area (Å²) in [7, 11) is 0. The normalized spacial score (nSPS) is 28.0. The van der Waals surface area contributed by atoms with Gasteiger partial charge < -0.3 is 5.32 Å². The Kier molecular flexibility index (Phi) is 3.47. The van der Waals surface area contributed by atoms with Crippen molar-refractivity contribution in [3.05, 3.63) is 28.4 Å². The topological polar surface area (TPSA) is 54.0 Å². The molecule has 0 radical (unpaired) electrons. The zero-order chi connectivity index (χ0) is 14.4.